The smallest absolute Gasteiger partial charge is 0.219 e. The van der Waals surface area contributed by atoms with Crippen LogP contribution in [0.1, 0.15) is 12.0 Å². The summed E-state index contributed by atoms with van der Waals surface area (Å²) in [6, 6.07) is 7.08. The number of aromatic hydroxyl groups is 1. The number of benzene rings is 1. The van der Waals surface area contributed by atoms with Gasteiger partial charge in [0.15, 0.2) is 0 Å². The number of hydrogen-bond acceptors (Lipinski definition) is 3. The van der Waals surface area contributed by atoms with Crippen molar-refractivity contribution >= 4 is 5.90 Å². The van der Waals surface area contributed by atoms with Gasteiger partial charge in [0.25, 0.3) is 0 Å². The Balaban J connectivity index is 2.34. The fourth-order valence-corrected chi connectivity index (χ4v) is 1.28. The van der Waals surface area contributed by atoms with Crippen LogP contribution in [-0.4, -0.2) is 24.2 Å². The normalized spacial score (nSPS) is 16.2. The zero-order valence-corrected chi connectivity index (χ0v) is 7.23. The molecule has 0 aromatic heterocycles. The lowest BCUT2D eigenvalue weighted by molar-refractivity contribution is 0.283. The molecule has 3 heteroatoms. The van der Waals surface area contributed by atoms with Gasteiger partial charge in [0.1, 0.15) is 5.75 Å². The lowest BCUT2D eigenvalue weighted by Gasteiger charge is -2.14. The largest absolute Gasteiger partial charge is 0.507 e. The van der Waals surface area contributed by atoms with Crippen molar-refractivity contribution in [2.75, 3.05) is 13.2 Å². The molecule has 0 unspecified atom stereocenters. The van der Waals surface area contributed by atoms with E-state index >= 15 is 0 Å². The standard InChI is InChI=1S/C10H11NO2/c12-9-5-2-1-4-8(9)10-11-6-3-7-13-10/h1-2,4-5,12H,3,6-7H2. The molecule has 0 bridgehead atoms. The van der Waals surface area contributed by atoms with Crippen LogP contribution in [-0.2, 0) is 4.74 Å². The minimum absolute atomic E-state index is 0.225. The van der Waals surface area contributed by atoms with Gasteiger partial charge < -0.3 is 9.84 Å². The van der Waals surface area contributed by atoms with Crippen molar-refractivity contribution in [3.8, 4) is 5.75 Å². The van der Waals surface area contributed by atoms with Crippen LogP contribution >= 0.6 is 0 Å². The second kappa shape index (κ2) is 3.47. The van der Waals surface area contributed by atoms with Crippen molar-refractivity contribution in [1.82, 2.24) is 0 Å². The molecule has 0 saturated heterocycles. The molecule has 13 heavy (non-hydrogen) atoms. The van der Waals surface area contributed by atoms with E-state index < -0.39 is 0 Å². The summed E-state index contributed by atoms with van der Waals surface area (Å²) in [5.41, 5.74) is 0.683. The third-order valence-electron chi connectivity index (χ3n) is 1.93. The number of phenols is 1. The molecular weight excluding hydrogens is 166 g/mol. The SMILES string of the molecule is Oc1ccccc1C1=NCCCO1. The van der Waals surface area contributed by atoms with Gasteiger partial charge in [0.2, 0.25) is 5.90 Å². The quantitative estimate of drug-likeness (QED) is 0.707. The first-order valence-electron chi connectivity index (χ1n) is 4.33. The van der Waals surface area contributed by atoms with Gasteiger partial charge >= 0.3 is 0 Å². The number of para-hydroxylation sites is 1. The monoisotopic (exact) mass is 177 g/mol. The molecule has 1 aromatic carbocycles. The van der Waals surface area contributed by atoms with Crippen LogP contribution in [0, 0.1) is 0 Å². The molecule has 1 aliphatic rings. The highest BCUT2D eigenvalue weighted by molar-refractivity contribution is 5.96. The van der Waals surface area contributed by atoms with E-state index in [4.69, 9.17) is 4.74 Å². The second-order valence-electron chi connectivity index (χ2n) is 2.91. The topological polar surface area (TPSA) is 41.8 Å². The van der Waals surface area contributed by atoms with Gasteiger partial charge in [-0.1, -0.05) is 12.1 Å². The fraction of sp³-hybridized carbons (Fsp3) is 0.300. The molecule has 1 aromatic rings. The van der Waals surface area contributed by atoms with Gasteiger partial charge in [0.05, 0.1) is 12.2 Å². The Morgan fingerprint density at radius 2 is 2.15 bits per heavy atom. The number of hydrogen-bond donors (Lipinski definition) is 1. The van der Waals surface area contributed by atoms with Gasteiger partial charge in [-0.3, -0.25) is 4.99 Å². The van der Waals surface area contributed by atoms with Crippen molar-refractivity contribution in [1.29, 1.82) is 0 Å². The van der Waals surface area contributed by atoms with Crippen LogP contribution in [0.4, 0.5) is 0 Å². The van der Waals surface area contributed by atoms with Crippen molar-refractivity contribution in [3.63, 3.8) is 0 Å². The maximum Gasteiger partial charge on any atom is 0.219 e. The zero-order chi connectivity index (χ0) is 9.10. The molecule has 0 spiro atoms. The molecule has 0 radical (unpaired) electrons. The highest BCUT2D eigenvalue weighted by Crippen LogP contribution is 2.18. The van der Waals surface area contributed by atoms with Crippen molar-refractivity contribution in [3.05, 3.63) is 29.8 Å². The molecule has 1 aliphatic heterocycles. The Kier molecular flexibility index (Phi) is 2.17. The van der Waals surface area contributed by atoms with E-state index in [0.29, 0.717) is 18.1 Å². The molecule has 1 heterocycles. The van der Waals surface area contributed by atoms with E-state index in [-0.39, 0.29) is 5.75 Å². The maximum absolute atomic E-state index is 9.50. The lowest BCUT2D eigenvalue weighted by Crippen LogP contribution is -2.14. The van der Waals surface area contributed by atoms with Gasteiger partial charge in [-0.2, -0.15) is 0 Å². The fourth-order valence-electron chi connectivity index (χ4n) is 1.28. The van der Waals surface area contributed by atoms with Crippen LogP contribution in [0.3, 0.4) is 0 Å². The van der Waals surface area contributed by atoms with Gasteiger partial charge in [-0.25, -0.2) is 0 Å². The molecule has 2 rings (SSSR count). The van der Waals surface area contributed by atoms with E-state index in [1.807, 2.05) is 6.07 Å². The predicted molar refractivity (Wildman–Crippen MR) is 50.1 cm³/mol. The van der Waals surface area contributed by atoms with E-state index in [1.165, 1.54) is 0 Å². The molecule has 0 saturated carbocycles. The van der Waals surface area contributed by atoms with Crippen LogP contribution in [0.25, 0.3) is 0 Å². The van der Waals surface area contributed by atoms with E-state index in [1.54, 1.807) is 18.2 Å². The Morgan fingerprint density at radius 1 is 1.31 bits per heavy atom. The summed E-state index contributed by atoms with van der Waals surface area (Å²) in [5.74, 6) is 0.785. The lowest BCUT2D eigenvalue weighted by atomic mass is 10.2. The molecule has 0 amide bonds. The Labute approximate surface area is 76.7 Å². The number of rotatable bonds is 1. The number of phenolic OH excluding ortho intramolecular Hbond substituents is 1. The zero-order valence-electron chi connectivity index (χ0n) is 7.23. The summed E-state index contributed by atoms with van der Waals surface area (Å²) in [5, 5.41) is 9.50. The summed E-state index contributed by atoms with van der Waals surface area (Å²) in [6.07, 6.45) is 0.955. The number of aliphatic imine (C=N–C) groups is 1. The van der Waals surface area contributed by atoms with Crippen molar-refractivity contribution < 1.29 is 9.84 Å². The number of nitrogens with zero attached hydrogens (tertiary/aromatic N) is 1. The van der Waals surface area contributed by atoms with Crippen LogP contribution in [0.15, 0.2) is 29.3 Å². The molecule has 0 aliphatic carbocycles. The van der Waals surface area contributed by atoms with Crippen molar-refractivity contribution in [2.45, 2.75) is 6.42 Å². The van der Waals surface area contributed by atoms with Crippen LogP contribution in [0.2, 0.25) is 0 Å². The summed E-state index contributed by atoms with van der Waals surface area (Å²) >= 11 is 0. The first-order chi connectivity index (χ1) is 6.38. The van der Waals surface area contributed by atoms with Gasteiger partial charge in [-0.15, -0.1) is 0 Å². The van der Waals surface area contributed by atoms with Crippen molar-refractivity contribution in [2.24, 2.45) is 4.99 Å². The minimum Gasteiger partial charge on any atom is -0.507 e. The van der Waals surface area contributed by atoms with Crippen LogP contribution < -0.4 is 0 Å². The highest BCUT2D eigenvalue weighted by Gasteiger charge is 2.11. The molecule has 68 valence electrons. The second-order valence-corrected chi connectivity index (χ2v) is 2.91. The van der Waals surface area contributed by atoms with E-state index in [2.05, 4.69) is 4.99 Å². The molecule has 3 nitrogen and oxygen atoms in total. The highest BCUT2D eigenvalue weighted by atomic mass is 16.5. The molecule has 0 atom stereocenters. The molecule has 1 N–H and O–H groups in total. The molecule has 0 fully saturated rings. The van der Waals surface area contributed by atoms with Gasteiger partial charge in [0, 0.05) is 13.0 Å². The van der Waals surface area contributed by atoms with E-state index in [0.717, 1.165) is 13.0 Å². The van der Waals surface area contributed by atoms with E-state index in [9.17, 15) is 5.11 Å². The Morgan fingerprint density at radius 3 is 2.85 bits per heavy atom. The third kappa shape index (κ3) is 1.64. The first kappa shape index (κ1) is 8.10. The van der Waals surface area contributed by atoms with Crippen LogP contribution in [0.5, 0.6) is 5.75 Å². The summed E-state index contributed by atoms with van der Waals surface area (Å²) < 4.78 is 5.33. The third-order valence-corrected chi connectivity index (χ3v) is 1.93. The summed E-state index contributed by atoms with van der Waals surface area (Å²) in [4.78, 5) is 4.19. The van der Waals surface area contributed by atoms with Gasteiger partial charge in [-0.05, 0) is 12.1 Å². The Bertz CT molecular complexity index is 333. The predicted octanol–water partition coefficient (Wildman–Crippen LogP) is 1.56. The first-order valence-corrected chi connectivity index (χ1v) is 4.33. The average molecular weight is 177 g/mol. The number of ether oxygens (including phenoxy) is 1. The maximum atomic E-state index is 9.50. The minimum atomic E-state index is 0.225. The average Bonchev–Trinajstić information content (AvgIpc) is 2.20. The molecular formula is C10H11NO2. The Hall–Kier alpha value is -1.51. The summed E-state index contributed by atoms with van der Waals surface area (Å²) in [6.45, 7) is 1.47. The summed E-state index contributed by atoms with van der Waals surface area (Å²) in [7, 11) is 0.